The highest BCUT2D eigenvalue weighted by Crippen LogP contribution is 2.17. The molecule has 142 valence electrons. The molecular formula is C20H33ClN2O2. The summed E-state index contributed by atoms with van der Waals surface area (Å²) in [6.45, 7) is 10.0. The lowest BCUT2D eigenvalue weighted by molar-refractivity contribution is -0.133. The molecule has 5 heteroatoms. The van der Waals surface area contributed by atoms with Crippen LogP contribution in [-0.4, -0.2) is 43.1 Å². The van der Waals surface area contributed by atoms with Gasteiger partial charge in [-0.3, -0.25) is 4.79 Å². The van der Waals surface area contributed by atoms with E-state index in [9.17, 15) is 4.79 Å². The number of halogens is 1. The molecule has 1 heterocycles. The van der Waals surface area contributed by atoms with E-state index in [0.717, 1.165) is 56.8 Å². The number of carbonyl (C=O) groups is 1. The van der Waals surface area contributed by atoms with Gasteiger partial charge in [-0.15, -0.1) is 12.4 Å². The second-order valence-corrected chi connectivity index (χ2v) is 7.09. The summed E-state index contributed by atoms with van der Waals surface area (Å²) >= 11 is 0. The molecule has 2 rings (SSSR count). The third-order valence-electron chi connectivity index (χ3n) is 4.40. The zero-order chi connectivity index (χ0) is 17.4. The molecule has 25 heavy (non-hydrogen) atoms. The van der Waals surface area contributed by atoms with Crippen LogP contribution in [0.5, 0.6) is 5.75 Å². The first-order valence-electron chi connectivity index (χ1n) is 9.32. The zero-order valence-electron chi connectivity index (χ0n) is 15.8. The van der Waals surface area contributed by atoms with Gasteiger partial charge in [0.05, 0.1) is 13.0 Å². The van der Waals surface area contributed by atoms with E-state index < -0.39 is 0 Å². The van der Waals surface area contributed by atoms with Crippen LogP contribution < -0.4 is 10.1 Å². The molecule has 1 fully saturated rings. The molecule has 4 nitrogen and oxygen atoms in total. The van der Waals surface area contributed by atoms with Gasteiger partial charge in [0.1, 0.15) is 5.75 Å². The van der Waals surface area contributed by atoms with E-state index in [0.29, 0.717) is 18.4 Å². The molecule has 1 amide bonds. The largest absolute Gasteiger partial charge is 0.493 e. The van der Waals surface area contributed by atoms with Crippen molar-refractivity contribution in [3.63, 3.8) is 0 Å². The Kier molecular flexibility index (Phi) is 9.91. The molecule has 1 aromatic rings. The van der Waals surface area contributed by atoms with Crippen LogP contribution in [0.4, 0.5) is 0 Å². The lowest BCUT2D eigenvalue weighted by Gasteiger charge is -2.34. The fourth-order valence-corrected chi connectivity index (χ4v) is 3.11. The molecule has 1 saturated heterocycles. The second-order valence-electron chi connectivity index (χ2n) is 7.09. The number of piperidine rings is 1. The number of amides is 1. The Hall–Kier alpha value is -1.26. The highest BCUT2D eigenvalue weighted by atomic mass is 35.5. The predicted molar refractivity (Wildman–Crippen MR) is 106 cm³/mol. The number of ether oxygens (including phenoxy) is 1. The number of carbonyl (C=O) groups excluding carboxylic acids is 1. The highest BCUT2D eigenvalue weighted by molar-refractivity contribution is 5.85. The molecule has 1 aliphatic rings. The van der Waals surface area contributed by atoms with Crippen molar-refractivity contribution in [2.75, 3.05) is 26.2 Å². The van der Waals surface area contributed by atoms with Gasteiger partial charge in [-0.1, -0.05) is 32.9 Å². The molecular weight excluding hydrogens is 336 g/mol. The molecule has 0 saturated carbocycles. The molecule has 1 aliphatic heterocycles. The molecule has 0 spiro atoms. The monoisotopic (exact) mass is 368 g/mol. The van der Waals surface area contributed by atoms with E-state index in [2.05, 4.69) is 31.0 Å². The standard InChI is InChI=1S/C20H32N2O2.ClH/c1-4-13-22(18-9-11-21-12-10-18)20(23)14-17-5-7-19(8-6-17)24-15-16(2)3;/h5-8,16,18,21H,4,9-15H2,1-3H3;1H. The Morgan fingerprint density at radius 3 is 2.44 bits per heavy atom. The molecule has 0 aliphatic carbocycles. The minimum absolute atomic E-state index is 0. The van der Waals surface area contributed by atoms with E-state index in [-0.39, 0.29) is 18.3 Å². The van der Waals surface area contributed by atoms with Gasteiger partial charge in [0.25, 0.3) is 0 Å². The van der Waals surface area contributed by atoms with Crippen LogP contribution in [0.3, 0.4) is 0 Å². The fourth-order valence-electron chi connectivity index (χ4n) is 3.11. The average molecular weight is 369 g/mol. The van der Waals surface area contributed by atoms with Gasteiger partial charge < -0.3 is 15.0 Å². The van der Waals surface area contributed by atoms with Crippen LogP contribution in [0.1, 0.15) is 45.6 Å². The van der Waals surface area contributed by atoms with Gasteiger partial charge in [0.2, 0.25) is 5.91 Å². The van der Waals surface area contributed by atoms with E-state index >= 15 is 0 Å². The molecule has 0 aromatic heterocycles. The molecule has 0 bridgehead atoms. The summed E-state index contributed by atoms with van der Waals surface area (Å²) in [5, 5.41) is 3.37. The van der Waals surface area contributed by atoms with Crippen LogP contribution in [-0.2, 0) is 11.2 Å². The van der Waals surface area contributed by atoms with Crippen molar-refractivity contribution in [2.24, 2.45) is 5.92 Å². The van der Waals surface area contributed by atoms with Crippen molar-refractivity contribution < 1.29 is 9.53 Å². The van der Waals surface area contributed by atoms with Crippen LogP contribution in [0.2, 0.25) is 0 Å². The fraction of sp³-hybridized carbons (Fsp3) is 0.650. The third-order valence-corrected chi connectivity index (χ3v) is 4.40. The quantitative estimate of drug-likeness (QED) is 0.761. The summed E-state index contributed by atoms with van der Waals surface area (Å²) in [5.41, 5.74) is 1.06. The first-order valence-corrected chi connectivity index (χ1v) is 9.32. The van der Waals surface area contributed by atoms with Gasteiger partial charge in [0, 0.05) is 12.6 Å². The lowest BCUT2D eigenvalue weighted by atomic mass is 10.0. The summed E-state index contributed by atoms with van der Waals surface area (Å²) in [5.74, 6) is 1.64. The van der Waals surface area contributed by atoms with E-state index in [4.69, 9.17) is 4.74 Å². The van der Waals surface area contributed by atoms with Crippen LogP contribution in [0.15, 0.2) is 24.3 Å². The molecule has 0 radical (unpaired) electrons. The highest BCUT2D eigenvalue weighted by Gasteiger charge is 2.24. The number of benzene rings is 1. The minimum atomic E-state index is 0. The van der Waals surface area contributed by atoms with Crippen molar-refractivity contribution >= 4 is 18.3 Å². The molecule has 0 unspecified atom stereocenters. The maximum absolute atomic E-state index is 12.8. The third kappa shape index (κ3) is 7.25. The first kappa shape index (κ1) is 21.8. The smallest absolute Gasteiger partial charge is 0.227 e. The number of nitrogens with zero attached hydrogens (tertiary/aromatic N) is 1. The Balaban J connectivity index is 0.00000312. The SMILES string of the molecule is CCCN(C(=O)Cc1ccc(OCC(C)C)cc1)C1CCNCC1.Cl. The molecule has 1 aromatic carbocycles. The van der Waals surface area contributed by atoms with Crippen molar-refractivity contribution in [3.8, 4) is 5.75 Å². The number of nitrogens with one attached hydrogen (secondary N) is 1. The van der Waals surface area contributed by atoms with Crippen LogP contribution in [0, 0.1) is 5.92 Å². The van der Waals surface area contributed by atoms with E-state index in [1.165, 1.54) is 0 Å². The summed E-state index contributed by atoms with van der Waals surface area (Å²) in [7, 11) is 0. The van der Waals surface area contributed by atoms with Gasteiger partial charge in [-0.2, -0.15) is 0 Å². The summed E-state index contributed by atoms with van der Waals surface area (Å²) in [6, 6.07) is 8.37. The molecule has 1 N–H and O–H groups in total. The lowest BCUT2D eigenvalue weighted by Crippen LogP contribution is -2.47. The Bertz CT molecular complexity index is 499. The number of hydrogen-bond acceptors (Lipinski definition) is 3. The van der Waals surface area contributed by atoms with E-state index in [1.54, 1.807) is 0 Å². The Labute approximate surface area is 158 Å². The van der Waals surface area contributed by atoms with Gasteiger partial charge in [-0.25, -0.2) is 0 Å². The van der Waals surface area contributed by atoms with Gasteiger partial charge in [0.15, 0.2) is 0 Å². The van der Waals surface area contributed by atoms with Crippen molar-refractivity contribution in [3.05, 3.63) is 29.8 Å². The maximum atomic E-state index is 12.8. The first-order chi connectivity index (χ1) is 11.6. The summed E-state index contributed by atoms with van der Waals surface area (Å²) < 4.78 is 5.71. The minimum Gasteiger partial charge on any atom is -0.493 e. The average Bonchev–Trinajstić information content (AvgIpc) is 2.59. The van der Waals surface area contributed by atoms with Crippen molar-refractivity contribution in [1.29, 1.82) is 0 Å². The predicted octanol–water partition coefficient (Wildman–Crippen LogP) is 3.68. The number of hydrogen-bond donors (Lipinski definition) is 1. The number of rotatable bonds is 8. The Morgan fingerprint density at radius 1 is 1.24 bits per heavy atom. The Morgan fingerprint density at radius 2 is 1.88 bits per heavy atom. The molecule has 0 atom stereocenters. The van der Waals surface area contributed by atoms with Gasteiger partial charge >= 0.3 is 0 Å². The zero-order valence-corrected chi connectivity index (χ0v) is 16.6. The second kappa shape index (κ2) is 11.4. The van der Waals surface area contributed by atoms with Gasteiger partial charge in [-0.05, 0) is 56.0 Å². The van der Waals surface area contributed by atoms with Crippen LogP contribution >= 0.6 is 12.4 Å². The normalized spacial score (nSPS) is 14.9. The van der Waals surface area contributed by atoms with Crippen molar-refractivity contribution in [1.82, 2.24) is 10.2 Å². The summed E-state index contributed by atoms with van der Waals surface area (Å²) in [4.78, 5) is 14.9. The van der Waals surface area contributed by atoms with Crippen LogP contribution in [0.25, 0.3) is 0 Å². The summed E-state index contributed by atoms with van der Waals surface area (Å²) in [6.07, 6.45) is 3.62. The topological polar surface area (TPSA) is 41.6 Å². The van der Waals surface area contributed by atoms with Crippen molar-refractivity contribution in [2.45, 2.75) is 52.5 Å². The maximum Gasteiger partial charge on any atom is 0.227 e. The van der Waals surface area contributed by atoms with E-state index in [1.807, 2.05) is 24.3 Å².